The normalized spacial score (nSPS) is 11.3. The highest BCUT2D eigenvalue weighted by atomic mass is 16.6. The lowest BCUT2D eigenvalue weighted by atomic mass is 10.2. The van der Waals surface area contributed by atoms with Crippen LogP contribution in [0.5, 0.6) is 0 Å². The van der Waals surface area contributed by atoms with Gasteiger partial charge in [-0.25, -0.2) is 4.98 Å². The van der Waals surface area contributed by atoms with Gasteiger partial charge in [0.05, 0.1) is 12.1 Å². The molecule has 0 amide bonds. The molecule has 4 heteroatoms. The molecule has 0 spiro atoms. The average Bonchev–Trinajstić information content (AvgIpc) is 2.34. The number of ether oxygens (including phenoxy) is 1. The number of esters is 1. The van der Waals surface area contributed by atoms with Crippen molar-refractivity contribution in [1.29, 1.82) is 0 Å². The van der Waals surface area contributed by atoms with Gasteiger partial charge >= 0.3 is 5.97 Å². The Labute approximate surface area is 76.9 Å². The van der Waals surface area contributed by atoms with Crippen molar-refractivity contribution >= 4 is 5.97 Å². The molecule has 0 radical (unpaired) electrons. The van der Waals surface area contributed by atoms with E-state index < -0.39 is 5.60 Å². The number of carbonyl (C=O) groups is 1. The van der Waals surface area contributed by atoms with Gasteiger partial charge in [-0.1, -0.05) is 0 Å². The first kappa shape index (κ1) is 9.77. The van der Waals surface area contributed by atoms with Gasteiger partial charge in [-0.3, -0.25) is 4.79 Å². The minimum absolute atomic E-state index is 0.160. The summed E-state index contributed by atoms with van der Waals surface area (Å²) in [6.07, 6.45) is 2.89. The second-order valence-corrected chi connectivity index (χ2v) is 3.74. The first-order valence-electron chi connectivity index (χ1n) is 4.06. The van der Waals surface area contributed by atoms with E-state index in [1.54, 1.807) is 0 Å². The van der Waals surface area contributed by atoms with Crippen LogP contribution in [0.3, 0.4) is 0 Å². The Morgan fingerprint density at radius 1 is 1.62 bits per heavy atom. The second kappa shape index (κ2) is 3.60. The van der Waals surface area contributed by atoms with Crippen molar-refractivity contribution in [1.82, 2.24) is 4.98 Å². The van der Waals surface area contributed by atoms with Gasteiger partial charge in [0.1, 0.15) is 11.9 Å². The van der Waals surface area contributed by atoms with Crippen LogP contribution < -0.4 is 0 Å². The topological polar surface area (TPSA) is 52.3 Å². The molecule has 0 N–H and O–H groups in total. The van der Waals surface area contributed by atoms with Crippen molar-refractivity contribution in [3.63, 3.8) is 0 Å². The molecule has 0 aliphatic carbocycles. The zero-order chi connectivity index (χ0) is 9.90. The number of nitrogens with zero attached hydrogens (tertiary/aromatic N) is 1. The van der Waals surface area contributed by atoms with Crippen LogP contribution in [0, 0.1) is 0 Å². The van der Waals surface area contributed by atoms with Gasteiger partial charge in [-0.05, 0) is 20.8 Å². The maximum absolute atomic E-state index is 11.2. The molecule has 4 nitrogen and oxygen atoms in total. The lowest BCUT2D eigenvalue weighted by molar-refractivity contribution is -0.154. The number of hydrogen-bond acceptors (Lipinski definition) is 4. The molecule has 1 heterocycles. The predicted molar refractivity (Wildman–Crippen MR) is 46.1 cm³/mol. The van der Waals surface area contributed by atoms with Gasteiger partial charge in [0.15, 0.2) is 6.39 Å². The van der Waals surface area contributed by atoms with Crippen molar-refractivity contribution < 1.29 is 13.9 Å². The highest BCUT2D eigenvalue weighted by Gasteiger charge is 2.17. The van der Waals surface area contributed by atoms with E-state index in [4.69, 9.17) is 9.15 Å². The Bertz CT molecular complexity index is 272. The third kappa shape index (κ3) is 3.73. The van der Waals surface area contributed by atoms with Crippen molar-refractivity contribution in [2.45, 2.75) is 32.8 Å². The molecule has 1 rings (SSSR count). The van der Waals surface area contributed by atoms with E-state index in [0.29, 0.717) is 5.69 Å². The van der Waals surface area contributed by atoms with E-state index in [9.17, 15) is 4.79 Å². The number of oxazole rings is 1. The Balaban J connectivity index is 2.43. The van der Waals surface area contributed by atoms with Crippen molar-refractivity contribution in [2.75, 3.05) is 0 Å². The molecule has 0 atom stereocenters. The maximum Gasteiger partial charge on any atom is 0.312 e. The number of rotatable bonds is 2. The van der Waals surface area contributed by atoms with Gasteiger partial charge < -0.3 is 9.15 Å². The number of hydrogen-bond donors (Lipinski definition) is 0. The quantitative estimate of drug-likeness (QED) is 0.653. The largest absolute Gasteiger partial charge is 0.460 e. The molecule has 0 bridgehead atoms. The van der Waals surface area contributed by atoms with Gasteiger partial charge in [-0.2, -0.15) is 0 Å². The Kier molecular flexibility index (Phi) is 2.70. The fourth-order valence-electron chi connectivity index (χ4n) is 0.850. The molecule has 0 fully saturated rings. The van der Waals surface area contributed by atoms with Crippen LogP contribution >= 0.6 is 0 Å². The van der Waals surface area contributed by atoms with E-state index in [1.807, 2.05) is 20.8 Å². The summed E-state index contributed by atoms with van der Waals surface area (Å²) in [6.45, 7) is 5.48. The summed E-state index contributed by atoms with van der Waals surface area (Å²) >= 11 is 0. The molecule has 0 aliphatic rings. The van der Waals surface area contributed by atoms with Crippen LogP contribution in [0.15, 0.2) is 17.1 Å². The lowest BCUT2D eigenvalue weighted by Gasteiger charge is -2.18. The summed E-state index contributed by atoms with van der Waals surface area (Å²) in [4.78, 5) is 15.0. The van der Waals surface area contributed by atoms with Crippen LogP contribution in [0.25, 0.3) is 0 Å². The van der Waals surface area contributed by atoms with Gasteiger partial charge in [0, 0.05) is 0 Å². The summed E-state index contributed by atoms with van der Waals surface area (Å²) in [5.74, 6) is -0.290. The molecule has 1 aromatic rings. The third-order valence-corrected chi connectivity index (χ3v) is 1.23. The van der Waals surface area contributed by atoms with Gasteiger partial charge in [-0.15, -0.1) is 0 Å². The summed E-state index contributed by atoms with van der Waals surface area (Å²) in [5.41, 5.74) is 0.148. The first-order valence-corrected chi connectivity index (χ1v) is 4.06. The monoisotopic (exact) mass is 183 g/mol. The fourth-order valence-corrected chi connectivity index (χ4v) is 0.850. The molecule has 0 aromatic carbocycles. The van der Waals surface area contributed by atoms with E-state index in [1.165, 1.54) is 12.7 Å². The molecular weight excluding hydrogens is 170 g/mol. The first-order chi connectivity index (χ1) is 5.97. The van der Waals surface area contributed by atoms with Gasteiger partial charge in [0.2, 0.25) is 0 Å². The second-order valence-electron chi connectivity index (χ2n) is 3.74. The Morgan fingerprint density at radius 3 is 2.77 bits per heavy atom. The third-order valence-electron chi connectivity index (χ3n) is 1.23. The average molecular weight is 183 g/mol. The van der Waals surface area contributed by atoms with Crippen LogP contribution in [0.4, 0.5) is 0 Å². The maximum atomic E-state index is 11.2. The molecule has 13 heavy (non-hydrogen) atoms. The van der Waals surface area contributed by atoms with Crippen LogP contribution in [-0.2, 0) is 16.0 Å². The SMILES string of the molecule is CC(C)(C)OC(=O)Cc1cocn1. The van der Waals surface area contributed by atoms with Crippen LogP contribution in [0.2, 0.25) is 0 Å². The summed E-state index contributed by atoms with van der Waals surface area (Å²) in [7, 11) is 0. The highest BCUT2D eigenvalue weighted by molar-refractivity contribution is 5.72. The summed E-state index contributed by atoms with van der Waals surface area (Å²) < 4.78 is 9.82. The standard InChI is InChI=1S/C9H13NO3/c1-9(2,3)13-8(11)4-7-5-12-6-10-7/h5-6H,4H2,1-3H3. The summed E-state index contributed by atoms with van der Waals surface area (Å²) in [5, 5.41) is 0. The zero-order valence-corrected chi connectivity index (χ0v) is 8.03. The van der Waals surface area contributed by atoms with Crippen LogP contribution in [0.1, 0.15) is 26.5 Å². The lowest BCUT2D eigenvalue weighted by Crippen LogP contribution is -2.24. The molecule has 72 valence electrons. The Morgan fingerprint density at radius 2 is 2.31 bits per heavy atom. The molecule has 1 aromatic heterocycles. The molecule has 0 saturated heterocycles. The fraction of sp³-hybridized carbons (Fsp3) is 0.556. The van der Waals surface area contributed by atoms with Crippen LogP contribution in [-0.4, -0.2) is 16.6 Å². The van der Waals surface area contributed by atoms with Crippen molar-refractivity contribution in [2.24, 2.45) is 0 Å². The molecule has 0 unspecified atom stereocenters. The molecular formula is C9H13NO3. The Hall–Kier alpha value is -1.32. The minimum Gasteiger partial charge on any atom is -0.460 e. The minimum atomic E-state index is -0.444. The van der Waals surface area contributed by atoms with E-state index in [-0.39, 0.29) is 12.4 Å². The van der Waals surface area contributed by atoms with E-state index >= 15 is 0 Å². The van der Waals surface area contributed by atoms with Gasteiger partial charge in [0.25, 0.3) is 0 Å². The van der Waals surface area contributed by atoms with E-state index in [2.05, 4.69) is 4.98 Å². The smallest absolute Gasteiger partial charge is 0.312 e. The zero-order valence-electron chi connectivity index (χ0n) is 8.03. The molecule has 0 aliphatic heterocycles. The molecule has 0 saturated carbocycles. The summed E-state index contributed by atoms with van der Waals surface area (Å²) in [6, 6.07) is 0. The van der Waals surface area contributed by atoms with Crippen molar-refractivity contribution in [3.8, 4) is 0 Å². The van der Waals surface area contributed by atoms with E-state index in [0.717, 1.165) is 0 Å². The number of carbonyl (C=O) groups excluding carboxylic acids is 1. The number of aromatic nitrogens is 1. The predicted octanol–water partition coefficient (Wildman–Crippen LogP) is 1.56. The highest BCUT2D eigenvalue weighted by Crippen LogP contribution is 2.08. The van der Waals surface area contributed by atoms with Crippen molar-refractivity contribution in [3.05, 3.63) is 18.4 Å².